The highest BCUT2D eigenvalue weighted by atomic mass is 35.5. The molecule has 94 valence electrons. The van der Waals surface area contributed by atoms with E-state index in [-0.39, 0.29) is 15.5 Å². The first-order valence-electron chi connectivity index (χ1n) is 5.20. The lowest BCUT2D eigenvalue weighted by Crippen LogP contribution is -1.98. The molecule has 1 heterocycles. The van der Waals surface area contributed by atoms with Crippen LogP contribution in [0.15, 0.2) is 18.2 Å². The average Bonchev–Trinajstić information content (AvgIpc) is 2.30. The Morgan fingerprint density at radius 1 is 1.00 bits per heavy atom. The number of hydrogen-bond acceptors (Lipinski definition) is 3. The maximum absolute atomic E-state index is 6.01. The number of rotatable bonds is 2. The van der Waals surface area contributed by atoms with Gasteiger partial charge >= 0.3 is 0 Å². The summed E-state index contributed by atoms with van der Waals surface area (Å²) in [6.07, 6.45) is 0. The molecule has 2 rings (SSSR count). The summed E-state index contributed by atoms with van der Waals surface area (Å²) in [4.78, 5) is 7.76. The van der Waals surface area contributed by atoms with Crippen molar-refractivity contribution in [1.29, 1.82) is 0 Å². The molecule has 3 nitrogen and oxygen atoms in total. The van der Waals surface area contributed by atoms with Crippen molar-refractivity contribution in [3.8, 4) is 0 Å². The summed E-state index contributed by atoms with van der Waals surface area (Å²) < 4.78 is 0. The minimum atomic E-state index is 0.0516. The van der Waals surface area contributed by atoms with Crippen molar-refractivity contribution in [2.45, 2.75) is 13.8 Å². The van der Waals surface area contributed by atoms with E-state index in [1.165, 1.54) is 11.1 Å². The molecule has 0 amide bonds. The van der Waals surface area contributed by atoms with Crippen molar-refractivity contribution in [2.24, 2.45) is 0 Å². The van der Waals surface area contributed by atoms with Crippen LogP contribution in [0.1, 0.15) is 11.1 Å². The van der Waals surface area contributed by atoms with Gasteiger partial charge < -0.3 is 5.32 Å². The zero-order chi connectivity index (χ0) is 13.3. The second-order valence-corrected chi connectivity index (χ2v) is 4.94. The number of halogens is 3. The van der Waals surface area contributed by atoms with E-state index < -0.39 is 0 Å². The third-order valence-corrected chi connectivity index (χ3v) is 3.45. The Hall–Kier alpha value is -1.03. The second kappa shape index (κ2) is 5.31. The van der Waals surface area contributed by atoms with Gasteiger partial charge in [0.1, 0.15) is 5.02 Å². The highest BCUT2D eigenvalue weighted by Crippen LogP contribution is 2.30. The maximum atomic E-state index is 6.01. The van der Waals surface area contributed by atoms with Gasteiger partial charge in [0.05, 0.1) is 0 Å². The van der Waals surface area contributed by atoms with E-state index in [1.807, 2.05) is 32.0 Å². The van der Waals surface area contributed by atoms with Gasteiger partial charge in [-0.25, -0.2) is 4.98 Å². The van der Waals surface area contributed by atoms with Crippen LogP contribution in [0.3, 0.4) is 0 Å². The summed E-state index contributed by atoms with van der Waals surface area (Å²) in [6, 6.07) is 5.94. The highest BCUT2D eigenvalue weighted by Gasteiger charge is 2.10. The van der Waals surface area contributed by atoms with E-state index in [4.69, 9.17) is 34.8 Å². The summed E-state index contributed by atoms with van der Waals surface area (Å²) in [7, 11) is 0. The SMILES string of the molecule is Cc1ccc(Nc2nc(Cl)nc(Cl)c2Cl)cc1C. The van der Waals surface area contributed by atoms with E-state index >= 15 is 0 Å². The molecule has 1 N–H and O–H groups in total. The minimum absolute atomic E-state index is 0.0516. The van der Waals surface area contributed by atoms with E-state index in [0.717, 1.165) is 5.69 Å². The molecule has 6 heteroatoms. The van der Waals surface area contributed by atoms with Crippen molar-refractivity contribution in [2.75, 3.05) is 5.32 Å². The average molecular weight is 303 g/mol. The quantitative estimate of drug-likeness (QED) is 0.640. The Balaban J connectivity index is 2.36. The number of nitrogens with one attached hydrogen (secondary N) is 1. The maximum Gasteiger partial charge on any atom is 0.225 e. The van der Waals surface area contributed by atoms with Gasteiger partial charge in [-0.05, 0) is 48.7 Å². The van der Waals surface area contributed by atoms with E-state index in [9.17, 15) is 0 Å². The number of nitrogens with zero attached hydrogens (tertiary/aromatic N) is 2. The molecule has 0 aliphatic carbocycles. The van der Waals surface area contributed by atoms with Gasteiger partial charge in [-0.3, -0.25) is 0 Å². The molecule has 0 saturated carbocycles. The Labute approximate surface area is 120 Å². The monoisotopic (exact) mass is 301 g/mol. The second-order valence-electron chi connectivity index (χ2n) is 3.87. The van der Waals surface area contributed by atoms with Gasteiger partial charge in [-0.15, -0.1) is 0 Å². The molecule has 2 aromatic rings. The third kappa shape index (κ3) is 2.86. The lowest BCUT2D eigenvalue weighted by Gasteiger charge is -2.10. The largest absolute Gasteiger partial charge is 0.339 e. The third-order valence-electron chi connectivity index (χ3n) is 2.55. The van der Waals surface area contributed by atoms with Gasteiger partial charge in [0.25, 0.3) is 0 Å². The summed E-state index contributed by atoms with van der Waals surface area (Å²) in [5.74, 6) is 0.393. The molecule has 0 bridgehead atoms. The van der Waals surface area contributed by atoms with E-state index in [0.29, 0.717) is 5.82 Å². The first kappa shape index (κ1) is 13.4. The van der Waals surface area contributed by atoms with E-state index in [2.05, 4.69) is 15.3 Å². The predicted molar refractivity (Wildman–Crippen MR) is 76.3 cm³/mol. The minimum Gasteiger partial charge on any atom is -0.339 e. The van der Waals surface area contributed by atoms with Gasteiger partial charge in [0.2, 0.25) is 5.28 Å². The van der Waals surface area contributed by atoms with Crippen LogP contribution >= 0.6 is 34.8 Å². The summed E-state index contributed by atoms with van der Waals surface area (Å²) in [5.41, 5.74) is 3.25. The van der Waals surface area contributed by atoms with Gasteiger partial charge in [0, 0.05) is 5.69 Å². The van der Waals surface area contributed by atoms with Gasteiger partial charge in [-0.2, -0.15) is 4.98 Å². The number of aromatic nitrogens is 2. The van der Waals surface area contributed by atoms with Crippen LogP contribution < -0.4 is 5.32 Å². The molecule has 0 spiro atoms. The molecule has 0 aliphatic heterocycles. The molecule has 0 unspecified atom stereocenters. The molecule has 0 radical (unpaired) electrons. The van der Waals surface area contributed by atoms with Crippen molar-refractivity contribution >= 4 is 46.3 Å². The Bertz CT molecular complexity index is 599. The van der Waals surface area contributed by atoms with Crippen molar-refractivity contribution in [3.05, 3.63) is 44.8 Å². The summed E-state index contributed by atoms with van der Waals surface area (Å²) >= 11 is 17.6. The topological polar surface area (TPSA) is 37.8 Å². The molecule has 18 heavy (non-hydrogen) atoms. The first-order chi connectivity index (χ1) is 8.47. The predicted octanol–water partition coefficient (Wildman–Crippen LogP) is 4.80. The fraction of sp³-hybridized carbons (Fsp3) is 0.167. The van der Waals surface area contributed by atoms with Crippen LogP contribution in [-0.4, -0.2) is 9.97 Å². The first-order valence-corrected chi connectivity index (χ1v) is 6.33. The highest BCUT2D eigenvalue weighted by molar-refractivity contribution is 6.43. The molecule has 1 aromatic carbocycles. The van der Waals surface area contributed by atoms with Crippen molar-refractivity contribution < 1.29 is 0 Å². The smallest absolute Gasteiger partial charge is 0.225 e. The Morgan fingerprint density at radius 2 is 1.72 bits per heavy atom. The standard InChI is InChI=1S/C12H10Cl3N3/c1-6-3-4-8(5-7(6)2)16-11-9(13)10(14)17-12(15)18-11/h3-5H,1-2H3,(H,16,17,18). The number of benzene rings is 1. The van der Waals surface area contributed by atoms with Crippen LogP contribution in [-0.2, 0) is 0 Å². The number of hydrogen-bond donors (Lipinski definition) is 1. The van der Waals surface area contributed by atoms with Crippen LogP contribution in [0.4, 0.5) is 11.5 Å². The van der Waals surface area contributed by atoms with Crippen LogP contribution in [0.2, 0.25) is 15.5 Å². The van der Waals surface area contributed by atoms with Crippen LogP contribution in [0.5, 0.6) is 0 Å². The van der Waals surface area contributed by atoms with Crippen molar-refractivity contribution in [1.82, 2.24) is 9.97 Å². The summed E-state index contributed by atoms with van der Waals surface area (Å²) in [6.45, 7) is 4.08. The number of anilines is 2. The molecular formula is C12H10Cl3N3. The van der Waals surface area contributed by atoms with Crippen LogP contribution in [0, 0.1) is 13.8 Å². The van der Waals surface area contributed by atoms with E-state index in [1.54, 1.807) is 0 Å². The molecule has 1 aromatic heterocycles. The Kier molecular flexibility index (Phi) is 3.95. The molecule has 0 atom stereocenters. The van der Waals surface area contributed by atoms with Gasteiger partial charge in [-0.1, -0.05) is 29.3 Å². The fourth-order valence-electron chi connectivity index (χ4n) is 1.43. The number of aryl methyl sites for hydroxylation is 2. The summed E-state index contributed by atoms with van der Waals surface area (Å²) in [5, 5.41) is 3.50. The van der Waals surface area contributed by atoms with Crippen LogP contribution in [0.25, 0.3) is 0 Å². The Morgan fingerprint density at radius 3 is 2.39 bits per heavy atom. The molecule has 0 aliphatic rings. The van der Waals surface area contributed by atoms with Gasteiger partial charge in [0.15, 0.2) is 11.0 Å². The zero-order valence-electron chi connectivity index (χ0n) is 9.76. The molecule has 0 saturated heterocycles. The lowest BCUT2D eigenvalue weighted by atomic mass is 10.1. The normalized spacial score (nSPS) is 10.5. The fourth-order valence-corrected chi connectivity index (χ4v) is 1.95. The van der Waals surface area contributed by atoms with Crippen molar-refractivity contribution in [3.63, 3.8) is 0 Å². The molecule has 0 fully saturated rings. The lowest BCUT2D eigenvalue weighted by molar-refractivity contribution is 1.17. The molecular weight excluding hydrogens is 293 g/mol. The zero-order valence-corrected chi connectivity index (χ0v) is 12.0.